The zero-order valence-electron chi connectivity index (χ0n) is 10.7. The highest BCUT2D eigenvalue weighted by atomic mass is 16.1. The molecule has 1 amide bonds. The molecule has 18 heavy (non-hydrogen) atoms. The highest BCUT2D eigenvalue weighted by Crippen LogP contribution is 2.26. The first kappa shape index (κ1) is 12.4. The van der Waals surface area contributed by atoms with Gasteiger partial charge in [0.15, 0.2) is 0 Å². The summed E-state index contributed by atoms with van der Waals surface area (Å²) in [6.07, 6.45) is 0.495. The zero-order valence-corrected chi connectivity index (χ0v) is 10.7. The number of aryl methyl sites for hydroxylation is 1. The normalized spacial score (nSPS) is 10.1. The van der Waals surface area contributed by atoms with Crippen molar-refractivity contribution in [1.29, 1.82) is 0 Å². The van der Waals surface area contributed by atoms with Crippen molar-refractivity contribution in [3.8, 4) is 11.1 Å². The molecule has 0 bridgehead atoms. The number of benzene rings is 2. The molecule has 2 aromatic carbocycles. The van der Waals surface area contributed by atoms with Gasteiger partial charge in [-0.3, -0.25) is 4.79 Å². The average Bonchev–Trinajstić information content (AvgIpc) is 2.42. The van der Waals surface area contributed by atoms with Crippen molar-refractivity contribution in [3.63, 3.8) is 0 Å². The van der Waals surface area contributed by atoms with Crippen LogP contribution in [0.1, 0.15) is 18.9 Å². The Morgan fingerprint density at radius 2 is 1.83 bits per heavy atom. The van der Waals surface area contributed by atoms with E-state index in [1.807, 2.05) is 43.3 Å². The van der Waals surface area contributed by atoms with Crippen LogP contribution in [0.15, 0.2) is 48.5 Å². The summed E-state index contributed by atoms with van der Waals surface area (Å²) >= 11 is 0. The van der Waals surface area contributed by atoms with Crippen LogP contribution in [0.2, 0.25) is 0 Å². The largest absolute Gasteiger partial charge is 0.326 e. The Morgan fingerprint density at radius 3 is 2.50 bits per heavy atom. The zero-order chi connectivity index (χ0) is 13.0. The van der Waals surface area contributed by atoms with E-state index in [0.29, 0.717) is 6.42 Å². The molecule has 1 N–H and O–H groups in total. The molecular formula is C16H17NO. The summed E-state index contributed by atoms with van der Waals surface area (Å²) in [4.78, 5) is 11.4. The topological polar surface area (TPSA) is 29.1 Å². The summed E-state index contributed by atoms with van der Waals surface area (Å²) in [5.74, 6) is 0.0397. The monoisotopic (exact) mass is 239 g/mol. The summed E-state index contributed by atoms with van der Waals surface area (Å²) < 4.78 is 0. The van der Waals surface area contributed by atoms with Gasteiger partial charge in [0.05, 0.1) is 0 Å². The van der Waals surface area contributed by atoms with Crippen LogP contribution in [0.25, 0.3) is 11.1 Å². The number of rotatable bonds is 3. The predicted molar refractivity (Wildman–Crippen MR) is 75.5 cm³/mol. The number of nitrogens with one attached hydrogen (secondary N) is 1. The Labute approximate surface area is 108 Å². The third-order valence-electron chi connectivity index (χ3n) is 2.93. The fourth-order valence-corrected chi connectivity index (χ4v) is 1.88. The van der Waals surface area contributed by atoms with Crippen LogP contribution < -0.4 is 5.32 Å². The molecule has 0 aliphatic rings. The third kappa shape index (κ3) is 2.77. The van der Waals surface area contributed by atoms with Gasteiger partial charge in [-0.15, -0.1) is 0 Å². The van der Waals surface area contributed by atoms with Gasteiger partial charge in [-0.2, -0.15) is 0 Å². The van der Waals surface area contributed by atoms with E-state index in [4.69, 9.17) is 0 Å². The van der Waals surface area contributed by atoms with Crippen LogP contribution in [0.4, 0.5) is 5.69 Å². The molecule has 0 saturated carbocycles. The highest BCUT2D eigenvalue weighted by molar-refractivity contribution is 5.91. The minimum atomic E-state index is 0.0397. The van der Waals surface area contributed by atoms with E-state index in [1.165, 1.54) is 11.1 Å². The second kappa shape index (κ2) is 5.50. The van der Waals surface area contributed by atoms with E-state index >= 15 is 0 Å². The van der Waals surface area contributed by atoms with Gasteiger partial charge in [0.2, 0.25) is 5.91 Å². The van der Waals surface area contributed by atoms with E-state index in [0.717, 1.165) is 11.3 Å². The molecule has 0 heterocycles. The molecule has 0 radical (unpaired) electrons. The lowest BCUT2D eigenvalue weighted by molar-refractivity contribution is -0.115. The smallest absolute Gasteiger partial charge is 0.224 e. The predicted octanol–water partition coefficient (Wildman–Crippen LogP) is 4.01. The van der Waals surface area contributed by atoms with Gasteiger partial charge in [-0.1, -0.05) is 43.3 Å². The average molecular weight is 239 g/mol. The van der Waals surface area contributed by atoms with E-state index in [-0.39, 0.29) is 5.91 Å². The van der Waals surface area contributed by atoms with Crippen molar-refractivity contribution in [2.45, 2.75) is 20.3 Å². The van der Waals surface area contributed by atoms with Crippen LogP contribution in [-0.4, -0.2) is 5.91 Å². The fourth-order valence-electron chi connectivity index (χ4n) is 1.88. The molecule has 0 aliphatic carbocycles. The maximum absolute atomic E-state index is 11.4. The first-order valence-electron chi connectivity index (χ1n) is 6.16. The van der Waals surface area contributed by atoms with Gasteiger partial charge in [0.25, 0.3) is 0 Å². The van der Waals surface area contributed by atoms with E-state index in [2.05, 4.69) is 24.4 Å². The van der Waals surface area contributed by atoms with Crippen molar-refractivity contribution >= 4 is 11.6 Å². The van der Waals surface area contributed by atoms with Crippen LogP contribution in [0, 0.1) is 6.92 Å². The molecular weight excluding hydrogens is 222 g/mol. The number of hydrogen-bond donors (Lipinski definition) is 1. The number of hydrogen-bond acceptors (Lipinski definition) is 1. The molecule has 2 rings (SSSR count). The molecule has 0 saturated heterocycles. The van der Waals surface area contributed by atoms with Crippen LogP contribution in [0.5, 0.6) is 0 Å². The third-order valence-corrected chi connectivity index (χ3v) is 2.93. The van der Waals surface area contributed by atoms with Crippen molar-refractivity contribution in [1.82, 2.24) is 0 Å². The second-order valence-electron chi connectivity index (χ2n) is 4.30. The molecule has 2 aromatic rings. The highest BCUT2D eigenvalue weighted by Gasteiger charge is 2.04. The first-order valence-corrected chi connectivity index (χ1v) is 6.16. The molecule has 92 valence electrons. The fraction of sp³-hybridized carbons (Fsp3) is 0.188. The number of anilines is 1. The summed E-state index contributed by atoms with van der Waals surface area (Å²) in [5.41, 5.74) is 4.38. The molecule has 0 aliphatic heterocycles. The lowest BCUT2D eigenvalue weighted by Gasteiger charge is -2.10. The number of amides is 1. The Balaban J connectivity index is 2.36. The van der Waals surface area contributed by atoms with Gasteiger partial charge < -0.3 is 5.32 Å². The van der Waals surface area contributed by atoms with Crippen molar-refractivity contribution in [2.24, 2.45) is 0 Å². The lowest BCUT2D eigenvalue weighted by atomic mass is 10.00. The van der Waals surface area contributed by atoms with E-state index < -0.39 is 0 Å². The van der Waals surface area contributed by atoms with Crippen molar-refractivity contribution < 1.29 is 4.79 Å². The Kier molecular flexibility index (Phi) is 3.78. The molecule has 2 heteroatoms. The van der Waals surface area contributed by atoms with Crippen molar-refractivity contribution in [3.05, 3.63) is 54.1 Å². The molecule has 0 fully saturated rings. The summed E-state index contributed by atoms with van der Waals surface area (Å²) in [6, 6.07) is 16.2. The molecule has 0 spiro atoms. The quantitative estimate of drug-likeness (QED) is 0.861. The van der Waals surface area contributed by atoms with Gasteiger partial charge >= 0.3 is 0 Å². The second-order valence-corrected chi connectivity index (χ2v) is 4.30. The lowest BCUT2D eigenvalue weighted by Crippen LogP contribution is -2.09. The SMILES string of the molecule is CCC(=O)Nc1ccc(C)c(-c2ccccc2)c1. The van der Waals surface area contributed by atoms with E-state index in [9.17, 15) is 4.79 Å². The summed E-state index contributed by atoms with van der Waals surface area (Å²) in [6.45, 7) is 3.93. The van der Waals surface area contributed by atoms with E-state index in [1.54, 1.807) is 0 Å². The Bertz CT molecular complexity index is 546. The summed E-state index contributed by atoms with van der Waals surface area (Å²) in [7, 11) is 0. The molecule has 0 unspecified atom stereocenters. The van der Waals surface area contributed by atoms with Crippen LogP contribution in [0.3, 0.4) is 0 Å². The van der Waals surface area contributed by atoms with Gasteiger partial charge in [0.1, 0.15) is 0 Å². The molecule has 0 aromatic heterocycles. The summed E-state index contributed by atoms with van der Waals surface area (Å²) in [5, 5.41) is 2.89. The number of carbonyl (C=O) groups is 1. The minimum Gasteiger partial charge on any atom is -0.326 e. The minimum absolute atomic E-state index is 0.0397. The van der Waals surface area contributed by atoms with Crippen LogP contribution in [-0.2, 0) is 4.79 Å². The Morgan fingerprint density at radius 1 is 1.11 bits per heavy atom. The van der Waals surface area contributed by atoms with Crippen LogP contribution >= 0.6 is 0 Å². The molecule has 2 nitrogen and oxygen atoms in total. The van der Waals surface area contributed by atoms with Gasteiger partial charge in [-0.25, -0.2) is 0 Å². The maximum atomic E-state index is 11.4. The number of carbonyl (C=O) groups excluding carboxylic acids is 1. The van der Waals surface area contributed by atoms with Gasteiger partial charge in [0, 0.05) is 12.1 Å². The standard InChI is InChI=1S/C16H17NO/c1-3-16(18)17-14-10-9-12(2)15(11-14)13-7-5-4-6-8-13/h4-11H,3H2,1-2H3,(H,17,18). The van der Waals surface area contributed by atoms with Gasteiger partial charge in [-0.05, 0) is 35.7 Å². The molecule has 0 atom stereocenters. The first-order chi connectivity index (χ1) is 8.70. The van der Waals surface area contributed by atoms with Crippen molar-refractivity contribution in [2.75, 3.05) is 5.32 Å². The maximum Gasteiger partial charge on any atom is 0.224 e. The Hall–Kier alpha value is -2.09.